The lowest BCUT2D eigenvalue weighted by molar-refractivity contribution is 0.669. The van der Waals surface area contributed by atoms with Crippen LogP contribution in [0.2, 0.25) is 0 Å². The van der Waals surface area contributed by atoms with Gasteiger partial charge in [0.2, 0.25) is 0 Å². The highest BCUT2D eigenvalue weighted by atomic mass is 16.3. The molecule has 10 rings (SSSR count). The molecule has 0 saturated heterocycles. The topological polar surface area (TPSA) is 51.8 Å². The molecule has 2 aromatic heterocycles. The van der Waals surface area contributed by atoms with E-state index >= 15 is 0 Å². The highest BCUT2D eigenvalue weighted by Gasteiger charge is 2.18. The summed E-state index contributed by atoms with van der Waals surface area (Å²) >= 11 is 0. The Morgan fingerprint density at radius 1 is 0.306 bits per heavy atom. The maximum Gasteiger partial charge on any atom is 0.165 e. The minimum absolute atomic E-state index is 0.633. The monoisotopic (exact) mass is 625 g/mol. The van der Waals surface area contributed by atoms with Crippen LogP contribution < -0.4 is 0 Å². The summed E-state index contributed by atoms with van der Waals surface area (Å²) in [6, 6.07) is 57.0. The molecule has 0 bridgehead atoms. The zero-order valence-corrected chi connectivity index (χ0v) is 26.3. The Labute approximate surface area is 282 Å². The highest BCUT2D eigenvalue weighted by Crippen LogP contribution is 2.39. The van der Waals surface area contributed by atoms with Crippen LogP contribution in [0.25, 0.3) is 99.5 Å². The first-order chi connectivity index (χ1) is 24.3. The minimum atomic E-state index is 0.633. The maximum absolute atomic E-state index is 6.07. The second-order valence-electron chi connectivity index (χ2n) is 12.4. The van der Waals surface area contributed by atoms with E-state index in [2.05, 4.69) is 133 Å². The molecule has 4 heteroatoms. The number of nitrogens with zero attached hydrogens (tertiary/aromatic N) is 3. The Kier molecular flexibility index (Phi) is 6.15. The molecule has 49 heavy (non-hydrogen) atoms. The molecule has 0 saturated carbocycles. The van der Waals surface area contributed by atoms with Crippen LogP contribution >= 0.6 is 0 Å². The fourth-order valence-corrected chi connectivity index (χ4v) is 7.11. The average Bonchev–Trinajstić information content (AvgIpc) is 3.55. The molecule has 0 aliphatic rings. The highest BCUT2D eigenvalue weighted by molar-refractivity contribution is 6.19. The molecule has 0 unspecified atom stereocenters. The molecule has 2 heterocycles. The number of fused-ring (bicyclic) bond motifs is 7. The average molecular weight is 626 g/mol. The molecule has 0 aliphatic carbocycles. The summed E-state index contributed by atoms with van der Waals surface area (Å²) in [5.74, 6) is 1.93. The largest absolute Gasteiger partial charge is 0.456 e. The second kappa shape index (κ2) is 11.0. The summed E-state index contributed by atoms with van der Waals surface area (Å²) in [5.41, 5.74) is 6.91. The lowest BCUT2D eigenvalue weighted by atomic mass is 9.93. The van der Waals surface area contributed by atoms with Crippen molar-refractivity contribution in [1.29, 1.82) is 0 Å². The lowest BCUT2D eigenvalue weighted by Gasteiger charge is -2.14. The van der Waals surface area contributed by atoms with Gasteiger partial charge in [-0.05, 0) is 67.7 Å². The van der Waals surface area contributed by atoms with E-state index in [1.807, 2.05) is 30.3 Å². The van der Waals surface area contributed by atoms with Crippen LogP contribution in [0.5, 0.6) is 0 Å². The molecule has 4 nitrogen and oxygen atoms in total. The molecular formula is C45H27N3O. The van der Waals surface area contributed by atoms with Gasteiger partial charge in [-0.1, -0.05) is 140 Å². The van der Waals surface area contributed by atoms with E-state index in [1.54, 1.807) is 0 Å². The Morgan fingerprint density at radius 2 is 0.898 bits per heavy atom. The molecule has 0 spiro atoms. The molecule has 10 aromatic rings. The zero-order valence-electron chi connectivity index (χ0n) is 26.3. The normalized spacial score (nSPS) is 11.7. The van der Waals surface area contributed by atoms with Gasteiger partial charge in [0.25, 0.3) is 0 Å². The Hall–Kier alpha value is -6.65. The van der Waals surface area contributed by atoms with Gasteiger partial charge in [0.05, 0.1) is 0 Å². The van der Waals surface area contributed by atoms with Crippen molar-refractivity contribution in [2.75, 3.05) is 0 Å². The lowest BCUT2D eigenvalue weighted by Crippen LogP contribution is -2.01. The SMILES string of the molecule is c1ccc(-c2nc(-c3ccc(-c4ccc5oc6ccccc6c5c4)cc3)nc(-c3c4ccccc4cc4c3ccc3ccccc34)n2)cc1. The molecule has 0 fully saturated rings. The summed E-state index contributed by atoms with van der Waals surface area (Å²) in [4.78, 5) is 15.4. The van der Waals surface area contributed by atoms with Gasteiger partial charge in [-0.3, -0.25) is 0 Å². The van der Waals surface area contributed by atoms with E-state index in [0.29, 0.717) is 17.5 Å². The van der Waals surface area contributed by atoms with Crippen LogP contribution in [-0.4, -0.2) is 15.0 Å². The number of benzene rings is 8. The van der Waals surface area contributed by atoms with Gasteiger partial charge in [-0.2, -0.15) is 0 Å². The van der Waals surface area contributed by atoms with Crippen molar-refractivity contribution in [3.63, 3.8) is 0 Å². The van der Waals surface area contributed by atoms with Crippen molar-refractivity contribution in [2.45, 2.75) is 0 Å². The molecule has 0 atom stereocenters. The number of furan rings is 1. The van der Waals surface area contributed by atoms with Gasteiger partial charge in [-0.25, -0.2) is 15.0 Å². The fourth-order valence-electron chi connectivity index (χ4n) is 7.11. The van der Waals surface area contributed by atoms with Crippen molar-refractivity contribution in [3.8, 4) is 45.3 Å². The van der Waals surface area contributed by atoms with Crippen molar-refractivity contribution in [3.05, 3.63) is 164 Å². The molecule has 8 aromatic carbocycles. The molecule has 0 aliphatic heterocycles. The molecule has 0 radical (unpaired) electrons. The fraction of sp³-hybridized carbons (Fsp3) is 0. The van der Waals surface area contributed by atoms with Gasteiger partial charge < -0.3 is 4.42 Å². The number of rotatable bonds is 4. The van der Waals surface area contributed by atoms with Gasteiger partial charge in [0.15, 0.2) is 17.5 Å². The van der Waals surface area contributed by atoms with Crippen LogP contribution in [0.1, 0.15) is 0 Å². The molecule has 0 N–H and O–H groups in total. The van der Waals surface area contributed by atoms with Crippen LogP contribution in [0.15, 0.2) is 168 Å². The van der Waals surface area contributed by atoms with Gasteiger partial charge in [-0.15, -0.1) is 0 Å². The van der Waals surface area contributed by atoms with E-state index in [-0.39, 0.29) is 0 Å². The molecular weight excluding hydrogens is 599 g/mol. The first-order valence-electron chi connectivity index (χ1n) is 16.4. The van der Waals surface area contributed by atoms with E-state index < -0.39 is 0 Å². The van der Waals surface area contributed by atoms with Crippen molar-refractivity contribution >= 4 is 54.3 Å². The number of hydrogen-bond acceptors (Lipinski definition) is 4. The Balaban J connectivity index is 1.16. The first-order valence-corrected chi connectivity index (χ1v) is 16.4. The summed E-state index contributed by atoms with van der Waals surface area (Å²) in [6.45, 7) is 0. The van der Waals surface area contributed by atoms with Crippen molar-refractivity contribution < 1.29 is 4.42 Å². The van der Waals surface area contributed by atoms with E-state index in [1.165, 1.54) is 16.2 Å². The third-order valence-electron chi connectivity index (χ3n) is 9.51. The van der Waals surface area contributed by atoms with Gasteiger partial charge >= 0.3 is 0 Å². The van der Waals surface area contributed by atoms with Crippen LogP contribution in [-0.2, 0) is 0 Å². The predicted molar refractivity (Wildman–Crippen MR) is 201 cm³/mol. The zero-order chi connectivity index (χ0) is 32.3. The number of hydrogen-bond donors (Lipinski definition) is 0. The first kappa shape index (κ1) is 27.5. The number of aromatic nitrogens is 3. The number of para-hydroxylation sites is 1. The van der Waals surface area contributed by atoms with E-state index in [9.17, 15) is 0 Å². The van der Waals surface area contributed by atoms with E-state index in [4.69, 9.17) is 19.4 Å². The van der Waals surface area contributed by atoms with Crippen molar-refractivity contribution in [2.24, 2.45) is 0 Å². The Morgan fingerprint density at radius 3 is 1.71 bits per heavy atom. The van der Waals surface area contributed by atoms with Crippen LogP contribution in [0.4, 0.5) is 0 Å². The molecule has 228 valence electrons. The van der Waals surface area contributed by atoms with Crippen molar-refractivity contribution in [1.82, 2.24) is 15.0 Å². The quantitative estimate of drug-likeness (QED) is 0.144. The summed E-state index contributed by atoms with van der Waals surface area (Å²) < 4.78 is 6.07. The van der Waals surface area contributed by atoms with Crippen LogP contribution in [0.3, 0.4) is 0 Å². The van der Waals surface area contributed by atoms with E-state index in [0.717, 1.165) is 65.9 Å². The third kappa shape index (κ3) is 4.57. The summed E-state index contributed by atoms with van der Waals surface area (Å²) in [7, 11) is 0. The smallest absolute Gasteiger partial charge is 0.165 e. The standard InChI is InChI=1S/C45H27N3O/c1-2-11-30(12-3-1)43-46-44(31-20-18-28(19-21-31)32-23-25-41-39(26-32)36-16-8-9-17-40(36)49-41)48-45(47-43)42-35-15-7-5-13-33(35)27-38-34-14-6-4-10-29(34)22-24-37(38)42/h1-27H. The maximum atomic E-state index is 6.07. The van der Waals surface area contributed by atoms with Gasteiger partial charge in [0.1, 0.15) is 11.2 Å². The van der Waals surface area contributed by atoms with Gasteiger partial charge in [0, 0.05) is 27.5 Å². The summed E-state index contributed by atoms with van der Waals surface area (Å²) in [6.07, 6.45) is 0. The molecule has 0 amide bonds. The predicted octanol–water partition coefficient (Wildman–Crippen LogP) is 11.9. The van der Waals surface area contributed by atoms with Crippen LogP contribution in [0, 0.1) is 0 Å². The summed E-state index contributed by atoms with van der Waals surface area (Å²) in [5, 5.41) is 9.21. The Bertz CT molecular complexity index is 2870. The third-order valence-corrected chi connectivity index (χ3v) is 9.51. The second-order valence-corrected chi connectivity index (χ2v) is 12.4. The minimum Gasteiger partial charge on any atom is -0.456 e.